The smallest absolute Gasteiger partial charge is 0.410 e. The average molecular weight is 306 g/mol. The average Bonchev–Trinajstić information content (AvgIpc) is 2.47. The summed E-state index contributed by atoms with van der Waals surface area (Å²) in [5, 5.41) is 6.26. The second-order valence-corrected chi connectivity index (χ2v) is 6.37. The van der Waals surface area contributed by atoms with Crippen LogP contribution in [0.5, 0.6) is 0 Å². The minimum Gasteiger partial charge on any atom is -0.444 e. The maximum absolute atomic E-state index is 12.0. The van der Waals surface area contributed by atoms with E-state index < -0.39 is 5.60 Å². The fourth-order valence-corrected chi connectivity index (χ4v) is 2.33. The molecule has 7 heteroatoms. The van der Waals surface area contributed by atoms with Crippen LogP contribution in [0.4, 0.5) is 16.2 Å². The number of carbonyl (C=O) groups is 1. The van der Waals surface area contributed by atoms with Gasteiger partial charge >= 0.3 is 6.09 Å². The zero-order valence-corrected chi connectivity index (χ0v) is 13.2. The molecule has 0 aliphatic carbocycles. The lowest BCUT2D eigenvalue weighted by Crippen LogP contribution is -2.44. The first-order chi connectivity index (χ1) is 10.4. The Balaban J connectivity index is 1.87. The summed E-state index contributed by atoms with van der Waals surface area (Å²) in [5.41, 5.74) is 0.506. The molecule has 7 nitrogen and oxygen atoms in total. The summed E-state index contributed by atoms with van der Waals surface area (Å²) in [5.74, 6) is 0. The topological polar surface area (TPSA) is 83.9 Å². The number of hydrogen-bond donors (Lipinski definition) is 1. The van der Waals surface area contributed by atoms with E-state index in [0.29, 0.717) is 24.5 Å². The number of pyridine rings is 1. The van der Waals surface area contributed by atoms with Crippen LogP contribution in [0.3, 0.4) is 0 Å². The van der Waals surface area contributed by atoms with Gasteiger partial charge in [0.1, 0.15) is 11.3 Å². The second kappa shape index (κ2) is 6.72. The Kier molecular flexibility index (Phi) is 4.95. The molecule has 1 amide bonds. The summed E-state index contributed by atoms with van der Waals surface area (Å²) in [6, 6.07) is 1.93. The minimum absolute atomic E-state index is 0.196. The summed E-state index contributed by atoms with van der Waals surface area (Å²) >= 11 is 0. The van der Waals surface area contributed by atoms with Crippen LogP contribution in [-0.4, -0.2) is 40.7 Å². The van der Waals surface area contributed by atoms with E-state index in [2.05, 4.69) is 15.5 Å². The number of nitrogens with zero attached hydrogens (tertiary/aromatic N) is 3. The van der Waals surface area contributed by atoms with Crippen molar-refractivity contribution in [2.24, 2.45) is 5.18 Å². The maximum Gasteiger partial charge on any atom is 0.410 e. The molecule has 0 atom stereocenters. The normalized spacial score (nSPS) is 16.2. The fraction of sp³-hybridized carbons (Fsp3) is 0.600. The van der Waals surface area contributed by atoms with Crippen LogP contribution in [0.15, 0.2) is 23.6 Å². The molecule has 1 saturated heterocycles. The highest BCUT2D eigenvalue weighted by atomic mass is 16.6. The first-order valence-corrected chi connectivity index (χ1v) is 7.41. The Bertz CT molecular complexity index is 534. The van der Waals surface area contributed by atoms with Gasteiger partial charge in [-0.15, -0.1) is 4.91 Å². The van der Waals surface area contributed by atoms with E-state index in [-0.39, 0.29) is 12.1 Å². The van der Waals surface area contributed by atoms with Crippen LogP contribution in [-0.2, 0) is 4.74 Å². The molecule has 1 fully saturated rings. The SMILES string of the molecule is CC(C)(C)OC(=O)N1CCC(Nc2ccncc2N=O)CC1. The number of nitroso groups, excluding NO2 is 1. The zero-order chi connectivity index (χ0) is 16.2. The molecule has 2 rings (SSSR count). The van der Waals surface area contributed by atoms with Crippen molar-refractivity contribution in [1.82, 2.24) is 9.88 Å². The molecule has 0 unspecified atom stereocenters. The van der Waals surface area contributed by atoms with Gasteiger partial charge in [0.05, 0.1) is 11.9 Å². The van der Waals surface area contributed by atoms with Gasteiger partial charge in [-0.25, -0.2) is 4.79 Å². The Morgan fingerprint density at radius 3 is 2.68 bits per heavy atom. The predicted molar refractivity (Wildman–Crippen MR) is 84.1 cm³/mol. The number of rotatable bonds is 3. The number of carbonyl (C=O) groups excluding carboxylic acids is 1. The van der Waals surface area contributed by atoms with E-state index in [1.807, 2.05) is 20.8 Å². The highest BCUT2D eigenvalue weighted by Gasteiger charge is 2.27. The molecule has 22 heavy (non-hydrogen) atoms. The number of anilines is 1. The third-order valence-corrected chi connectivity index (χ3v) is 3.40. The number of nitrogens with one attached hydrogen (secondary N) is 1. The number of aromatic nitrogens is 1. The van der Waals surface area contributed by atoms with E-state index in [1.165, 1.54) is 6.20 Å². The third kappa shape index (κ3) is 4.41. The summed E-state index contributed by atoms with van der Waals surface area (Å²) in [6.07, 6.45) is 4.36. The molecule has 1 aromatic heterocycles. The van der Waals surface area contributed by atoms with Crippen molar-refractivity contribution in [2.45, 2.75) is 45.3 Å². The zero-order valence-electron chi connectivity index (χ0n) is 13.2. The Morgan fingerprint density at radius 2 is 2.09 bits per heavy atom. The number of hydrogen-bond acceptors (Lipinski definition) is 6. The van der Waals surface area contributed by atoms with E-state index in [4.69, 9.17) is 4.74 Å². The molecule has 1 aliphatic rings. The predicted octanol–water partition coefficient (Wildman–Crippen LogP) is 3.29. The summed E-state index contributed by atoms with van der Waals surface area (Å²) in [7, 11) is 0. The molecule has 0 aromatic carbocycles. The van der Waals surface area contributed by atoms with Crippen LogP contribution in [0, 0.1) is 4.91 Å². The highest BCUT2D eigenvalue weighted by molar-refractivity contribution is 5.68. The minimum atomic E-state index is -0.478. The molecular weight excluding hydrogens is 284 g/mol. The van der Waals surface area contributed by atoms with Gasteiger partial charge in [-0.3, -0.25) is 4.98 Å². The summed E-state index contributed by atoms with van der Waals surface area (Å²) < 4.78 is 5.37. The molecule has 1 N–H and O–H groups in total. The van der Waals surface area contributed by atoms with Gasteiger partial charge < -0.3 is 15.0 Å². The van der Waals surface area contributed by atoms with Crippen molar-refractivity contribution in [3.63, 3.8) is 0 Å². The monoisotopic (exact) mass is 306 g/mol. The van der Waals surface area contributed by atoms with Gasteiger partial charge in [0.15, 0.2) is 0 Å². The van der Waals surface area contributed by atoms with Crippen LogP contribution in [0.25, 0.3) is 0 Å². The van der Waals surface area contributed by atoms with Gasteiger partial charge in [0.2, 0.25) is 0 Å². The van der Waals surface area contributed by atoms with Crippen LogP contribution in [0.2, 0.25) is 0 Å². The quantitative estimate of drug-likeness (QED) is 0.866. The van der Waals surface area contributed by atoms with Crippen molar-refractivity contribution in [3.05, 3.63) is 23.4 Å². The largest absolute Gasteiger partial charge is 0.444 e. The van der Waals surface area contributed by atoms with Crippen molar-refractivity contribution in [3.8, 4) is 0 Å². The second-order valence-electron chi connectivity index (χ2n) is 6.37. The lowest BCUT2D eigenvalue weighted by Gasteiger charge is -2.34. The highest BCUT2D eigenvalue weighted by Crippen LogP contribution is 2.25. The third-order valence-electron chi connectivity index (χ3n) is 3.40. The molecule has 0 bridgehead atoms. The Morgan fingerprint density at radius 1 is 1.41 bits per heavy atom. The van der Waals surface area contributed by atoms with Crippen molar-refractivity contribution < 1.29 is 9.53 Å². The first kappa shape index (κ1) is 16.2. The van der Waals surface area contributed by atoms with Gasteiger partial charge in [0, 0.05) is 25.3 Å². The van der Waals surface area contributed by atoms with Gasteiger partial charge in [0.25, 0.3) is 0 Å². The summed E-state index contributed by atoms with van der Waals surface area (Å²) in [4.78, 5) is 28.3. The van der Waals surface area contributed by atoms with Crippen LogP contribution in [0.1, 0.15) is 33.6 Å². The van der Waals surface area contributed by atoms with E-state index in [9.17, 15) is 9.70 Å². The molecule has 0 radical (unpaired) electrons. The van der Waals surface area contributed by atoms with Gasteiger partial charge in [-0.2, -0.15) is 0 Å². The lowest BCUT2D eigenvalue weighted by molar-refractivity contribution is 0.0210. The number of piperidine rings is 1. The standard InChI is InChI=1S/C15H22N4O3/c1-15(2,3)22-14(20)19-8-5-11(6-9-19)17-12-4-7-16-10-13(12)18-21/h4,7,10-11H,5-6,8-9H2,1-3H3,(H,16,17). The lowest BCUT2D eigenvalue weighted by atomic mass is 10.0. The van der Waals surface area contributed by atoms with E-state index in [0.717, 1.165) is 12.8 Å². The fourth-order valence-electron chi connectivity index (χ4n) is 2.33. The first-order valence-electron chi connectivity index (χ1n) is 7.41. The Hall–Kier alpha value is -2.18. The van der Waals surface area contributed by atoms with E-state index >= 15 is 0 Å². The Labute approximate surface area is 130 Å². The number of ether oxygens (including phenoxy) is 1. The van der Waals surface area contributed by atoms with Gasteiger partial charge in [-0.05, 0) is 44.9 Å². The molecule has 0 saturated carbocycles. The molecule has 1 aliphatic heterocycles. The van der Waals surface area contributed by atoms with Crippen LogP contribution >= 0.6 is 0 Å². The summed E-state index contributed by atoms with van der Waals surface area (Å²) in [6.45, 7) is 6.83. The number of amides is 1. The molecular formula is C15H22N4O3. The molecule has 120 valence electrons. The van der Waals surface area contributed by atoms with E-state index in [1.54, 1.807) is 17.2 Å². The van der Waals surface area contributed by atoms with Crippen molar-refractivity contribution in [2.75, 3.05) is 18.4 Å². The van der Waals surface area contributed by atoms with Gasteiger partial charge in [-0.1, -0.05) is 0 Å². The van der Waals surface area contributed by atoms with Crippen LogP contribution < -0.4 is 5.32 Å². The molecule has 2 heterocycles. The molecule has 1 aromatic rings. The molecule has 0 spiro atoms. The number of likely N-dealkylation sites (tertiary alicyclic amines) is 1. The maximum atomic E-state index is 12.0. The van der Waals surface area contributed by atoms with Crippen molar-refractivity contribution in [1.29, 1.82) is 0 Å². The van der Waals surface area contributed by atoms with Crippen molar-refractivity contribution >= 4 is 17.5 Å².